The number of aliphatic hydroxyl groups excluding tert-OH is 3. The average Bonchev–Trinajstić information content (AvgIpc) is 2.38. The third-order valence-corrected chi connectivity index (χ3v) is 3.67. The maximum atomic E-state index is 9.91. The molecule has 0 aliphatic carbocycles. The van der Waals surface area contributed by atoms with Gasteiger partial charge in [0.2, 0.25) is 0 Å². The Hall–Kier alpha value is -1.14. The van der Waals surface area contributed by atoms with Crippen molar-refractivity contribution in [1.82, 2.24) is 0 Å². The smallest absolute Gasteiger partial charge is 0.157 e. The van der Waals surface area contributed by atoms with E-state index in [1.165, 1.54) is 5.56 Å². The van der Waals surface area contributed by atoms with E-state index in [0.29, 0.717) is 0 Å². The Kier molecular flexibility index (Phi) is 4.10. The normalized spacial score (nSPS) is 35.2. The summed E-state index contributed by atoms with van der Waals surface area (Å²) in [6.07, 6.45) is -4.74. The van der Waals surface area contributed by atoms with Crippen LogP contribution in [0.2, 0.25) is 0 Å². The second-order valence-corrected chi connectivity index (χ2v) is 5.18. The van der Waals surface area contributed by atoms with Gasteiger partial charge in [-0.05, 0) is 44.0 Å². The third kappa shape index (κ3) is 2.90. The number of ether oxygens (including phenoxy) is 1. The van der Waals surface area contributed by atoms with Gasteiger partial charge in [-0.1, -0.05) is 6.07 Å². The molecule has 0 spiro atoms. The fraction of sp³-hybridized carbons (Fsp3) is 0.571. The van der Waals surface area contributed by atoms with Crippen molar-refractivity contribution in [2.45, 2.75) is 51.4 Å². The van der Waals surface area contributed by atoms with E-state index in [2.05, 4.69) is 5.32 Å². The highest BCUT2D eigenvalue weighted by Crippen LogP contribution is 2.23. The Bertz CT molecular complexity index is 451. The van der Waals surface area contributed by atoms with Crippen LogP contribution in [0, 0.1) is 13.8 Å². The number of hydrogen-bond acceptors (Lipinski definition) is 5. The van der Waals surface area contributed by atoms with Gasteiger partial charge in [-0.15, -0.1) is 0 Å². The lowest BCUT2D eigenvalue weighted by Gasteiger charge is -2.39. The summed E-state index contributed by atoms with van der Waals surface area (Å²) in [7, 11) is 0. The van der Waals surface area contributed by atoms with E-state index in [0.717, 1.165) is 11.3 Å². The molecule has 1 aliphatic heterocycles. The fourth-order valence-electron chi connectivity index (χ4n) is 2.17. The van der Waals surface area contributed by atoms with Gasteiger partial charge in [0.25, 0.3) is 0 Å². The van der Waals surface area contributed by atoms with Crippen molar-refractivity contribution in [2.75, 3.05) is 5.32 Å². The second-order valence-electron chi connectivity index (χ2n) is 5.18. The first kappa shape index (κ1) is 14.3. The molecule has 0 amide bonds. The van der Waals surface area contributed by atoms with Gasteiger partial charge in [-0.25, -0.2) is 0 Å². The zero-order valence-electron chi connectivity index (χ0n) is 11.4. The summed E-state index contributed by atoms with van der Waals surface area (Å²) in [6, 6.07) is 5.82. The molecule has 106 valence electrons. The fourth-order valence-corrected chi connectivity index (χ4v) is 2.17. The summed E-state index contributed by atoms with van der Waals surface area (Å²) in [4.78, 5) is 0. The van der Waals surface area contributed by atoms with Gasteiger partial charge in [0, 0.05) is 5.69 Å². The topological polar surface area (TPSA) is 82.0 Å². The molecular formula is C14H21NO4. The van der Waals surface area contributed by atoms with Crippen LogP contribution >= 0.6 is 0 Å². The van der Waals surface area contributed by atoms with Gasteiger partial charge in [0.05, 0.1) is 6.10 Å². The number of anilines is 1. The Labute approximate surface area is 112 Å². The maximum Gasteiger partial charge on any atom is 0.157 e. The van der Waals surface area contributed by atoms with Crippen LogP contribution in [0.4, 0.5) is 5.69 Å². The molecule has 2 rings (SSSR count). The highest BCUT2D eigenvalue weighted by Gasteiger charge is 2.41. The third-order valence-electron chi connectivity index (χ3n) is 3.67. The summed E-state index contributed by atoms with van der Waals surface area (Å²) in [5.74, 6) is 0. The van der Waals surface area contributed by atoms with E-state index < -0.39 is 30.6 Å². The highest BCUT2D eigenvalue weighted by molar-refractivity contribution is 5.48. The number of rotatable bonds is 2. The number of nitrogens with one attached hydrogen (secondary N) is 1. The van der Waals surface area contributed by atoms with Crippen molar-refractivity contribution in [3.05, 3.63) is 29.3 Å². The van der Waals surface area contributed by atoms with Crippen molar-refractivity contribution in [1.29, 1.82) is 0 Å². The minimum Gasteiger partial charge on any atom is -0.388 e. The van der Waals surface area contributed by atoms with Gasteiger partial charge in [0.1, 0.15) is 18.3 Å². The van der Waals surface area contributed by atoms with E-state index in [-0.39, 0.29) is 0 Å². The van der Waals surface area contributed by atoms with Crippen LogP contribution in [0.25, 0.3) is 0 Å². The van der Waals surface area contributed by atoms with Crippen molar-refractivity contribution >= 4 is 5.69 Å². The monoisotopic (exact) mass is 267 g/mol. The van der Waals surface area contributed by atoms with Crippen LogP contribution in [-0.2, 0) is 4.74 Å². The van der Waals surface area contributed by atoms with E-state index in [4.69, 9.17) is 4.74 Å². The molecule has 4 N–H and O–H groups in total. The lowest BCUT2D eigenvalue weighted by molar-refractivity contribution is -0.209. The first-order chi connectivity index (χ1) is 8.90. The number of aliphatic hydroxyl groups is 3. The minimum atomic E-state index is -1.22. The highest BCUT2D eigenvalue weighted by atomic mass is 16.5. The molecule has 5 heteroatoms. The van der Waals surface area contributed by atoms with Crippen LogP contribution < -0.4 is 5.32 Å². The Morgan fingerprint density at radius 2 is 1.68 bits per heavy atom. The maximum absolute atomic E-state index is 9.91. The SMILES string of the molecule is Cc1ccc(N[C@H]2O[C@@H](C)[C@@H](O)[C@@H](O)[C@@H]2O)cc1C. The molecular weight excluding hydrogens is 246 g/mol. The van der Waals surface area contributed by atoms with Gasteiger partial charge < -0.3 is 25.4 Å². The standard InChI is InChI=1S/C14H21NO4/c1-7-4-5-10(6-8(7)2)15-14-13(18)12(17)11(16)9(3)19-14/h4-6,9,11-18H,1-3H3/t9-,11+,12+,13-,14-/m0/s1. The molecule has 0 saturated carbocycles. The quantitative estimate of drug-likeness (QED) is 0.629. The number of aryl methyl sites for hydroxylation is 2. The molecule has 1 heterocycles. The summed E-state index contributed by atoms with van der Waals surface area (Å²) in [6.45, 7) is 5.68. The molecule has 19 heavy (non-hydrogen) atoms. The predicted molar refractivity (Wildman–Crippen MR) is 71.9 cm³/mol. The summed E-state index contributed by atoms with van der Waals surface area (Å²) < 4.78 is 5.48. The molecule has 1 saturated heterocycles. The Morgan fingerprint density at radius 3 is 2.32 bits per heavy atom. The van der Waals surface area contributed by atoms with E-state index in [1.54, 1.807) is 6.92 Å². The zero-order chi connectivity index (χ0) is 14.2. The Morgan fingerprint density at radius 1 is 1.00 bits per heavy atom. The molecule has 1 fully saturated rings. The minimum absolute atomic E-state index is 0.539. The van der Waals surface area contributed by atoms with E-state index >= 15 is 0 Å². The van der Waals surface area contributed by atoms with Crippen molar-refractivity contribution < 1.29 is 20.1 Å². The van der Waals surface area contributed by atoms with Crippen molar-refractivity contribution in [3.8, 4) is 0 Å². The van der Waals surface area contributed by atoms with E-state index in [9.17, 15) is 15.3 Å². The lowest BCUT2D eigenvalue weighted by Crippen LogP contribution is -2.58. The van der Waals surface area contributed by atoms with Crippen LogP contribution in [0.3, 0.4) is 0 Å². The van der Waals surface area contributed by atoms with Gasteiger partial charge in [-0.3, -0.25) is 0 Å². The van der Waals surface area contributed by atoms with Gasteiger partial charge in [-0.2, -0.15) is 0 Å². The molecule has 1 aromatic rings. The second kappa shape index (κ2) is 5.46. The van der Waals surface area contributed by atoms with Crippen molar-refractivity contribution in [2.24, 2.45) is 0 Å². The van der Waals surface area contributed by atoms with Crippen LogP contribution in [0.1, 0.15) is 18.1 Å². The first-order valence-corrected chi connectivity index (χ1v) is 6.43. The molecule has 0 radical (unpaired) electrons. The molecule has 1 aliphatic rings. The predicted octanol–water partition coefficient (Wildman–Crippen LogP) is 0.543. The number of hydrogen-bond donors (Lipinski definition) is 4. The molecule has 0 bridgehead atoms. The summed E-state index contributed by atoms with van der Waals surface area (Å²) >= 11 is 0. The lowest BCUT2D eigenvalue weighted by atomic mass is 9.99. The molecule has 0 aromatic heterocycles. The molecule has 5 nitrogen and oxygen atoms in total. The van der Waals surface area contributed by atoms with Gasteiger partial charge in [0.15, 0.2) is 6.23 Å². The molecule has 5 atom stereocenters. The van der Waals surface area contributed by atoms with Crippen LogP contribution in [-0.4, -0.2) is 46.0 Å². The van der Waals surface area contributed by atoms with E-state index in [1.807, 2.05) is 32.0 Å². The van der Waals surface area contributed by atoms with Crippen LogP contribution in [0.5, 0.6) is 0 Å². The zero-order valence-corrected chi connectivity index (χ0v) is 11.4. The molecule has 1 aromatic carbocycles. The van der Waals surface area contributed by atoms with Gasteiger partial charge >= 0.3 is 0 Å². The summed E-state index contributed by atoms with van der Waals surface area (Å²) in [5, 5.41) is 32.3. The largest absolute Gasteiger partial charge is 0.388 e. The Balaban J connectivity index is 2.11. The number of benzene rings is 1. The molecule has 0 unspecified atom stereocenters. The average molecular weight is 267 g/mol. The van der Waals surface area contributed by atoms with Crippen LogP contribution in [0.15, 0.2) is 18.2 Å². The summed E-state index contributed by atoms with van der Waals surface area (Å²) in [5.41, 5.74) is 3.12. The van der Waals surface area contributed by atoms with Crippen molar-refractivity contribution in [3.63, 3.8) is 0 Å². The first-order valence-electron chi connectivity index (χ1n) is 6.43.